The van der Waals surface area contributed by atoms with Crippen molar-refractivity contribution in [2.75, 3.05) is 0 Å². The van der Waals surface area contributed by atoms with Crippen LogP contribution in [0.25, 0.3) is 10.9 Å². The van der Waals surface area contributed by atoms with Gasteiger partial charge in [-0.25, -0.2) is 4.39 Å². The van der Waals surface area contributed by atoms with Gasteiger partial charge in [0.05, 0.1) is 5.41 Å². The van der Waals surface area contributed by atoms with E-state index in [1.807, 2.05) is 30.5 Å². The molecule has 24 heavy (non-hydrogen) atoms. The quantitative estimate of drug-likeness (QED) is 0.729. The van der Waals surface area contributed by atoms with Crippen LogP contribution in [0, 0.1) is 5.82 Å². The molecule has 0 unspecified atom stereocenters. The summed E-state index contributed by atoms with van der Waals surface area (Å²) in [7, 11) is 0. The Balaban J connectivity index is 1.58. The van der Waals surface area contributed by atoms with Gasteiger partial charge in [0.2, 0.25) is 5.91 Å². The number of H-pyrrole nitrogens is 1. The van der Waals surface area contributed by atoms with Gasteiger partial charge >= 0.3 is 0 Å². The largest absolute Gasteiger partial charge is 0.361 e. The summed E-state index contributed by atoms with van der Waals surface area (Å²) in [4.78, 5) is 15.9. The molecular weight excluding hydrogens is 327 g/mol. The molecule has 0 bridgehead atoms. The molecule has 0 aliphatic heterocycles. The Labute approximate surface area is 143 Å². The Morgan fingerprint density at radius 1 is 1.25 bits per heavy atom. The van der Waals surface area contributed by atoms with Gasteiger partial charge in [0.15, 0.2) is 0 Å². The van der Waals surface area contributed by atoms with Gasteiger partial charge in [0.1, 0.15) is 5.82 Å². The van der Waals surface area contributed by atoms with Gasteiger partial charge in [-0.05, 0) is 48.2 Å². The fourth-order valence-electron chi connectivity index (χ4n) is 3.22. The highest BCUT2D eigenvalue weighted by Crippen LogP contribution is 2.50. The van der Waals surface area contributed by atoms with E-state index in [1.165, 1.54) is 12.1 Å². The number of carbonyl (C=O) groups is 1. The Morgan fingerprint density at radius 3 is 2.79 bits per heavy atom. The number of halogens is 2. The Hall–Kier alpha value is -2.33. The lowest BCUT2D eigenvalue weighted by molar-refractivity contribution is -0.123. The maximum absolute atomic E-state index is 13.4. The summed E-state index contributed by atoms with van der Waals surface area (Å²) in [6.45, 7) is 0.400. The monoisotopic (exact) mass is 342 g/mol. The van der Waals surface area contributed by atoms with Crippen LogP contribution in [0.4, 0.5) is 4.39 Å². The average Bonchev–Trinajstić information content (AvgIpc) is 3.28. The lowest BCUT2D eigenvalue weighted by atomic mass is 9.94. The topological polar surface area (TPSA) is 44.9 Å². The van der Waals surface area contributed by atoms with Gasteiger partial charge in [-0.15, -0.1) is 0 Å². The van der Waals surface area contributed by atoms with E-state index in [2.05, 4.69) is 10.3 Å². The number of benzene rings is 2. The summed E-state index contributed by atoms with van der Waals surface area (Å²) >= 11 is 6.14. The number of hydrogen-bond acceptors (Lipinski definition) is 1. The molecule has 0 atom stereocenters. The third kappa shape index (κ3) is 2.47. The van der Waals surface area contributed by atoms with Crippen LogP contribution in [-0.2, 0) is 16.8 Å². The maximum atomic E-state index is 13.4. The predicted octanol–water partition coefficient (Wildman–Crippen LogP) is 4.31. The first kappa shape index (κ1) is 15.2. The third-order valence-electron chi connectivity index (χ3n) is 4.74. The molecule has 0 spiro atoms. The van der Waals surface area contributed by atoms with Gasteiger partial charge in [-0.2, -0.15) is 0 Å². The maximum Gasteiger partial charge on any atom is 0.231 e. The second-order valence-electron chi connectivity index (χ2n) is 6.25. The average molecular weight is 343 g/mol. The fourth-order valence-corrected chi connectivity index (χ4v) is 3.43. The van der Waals surface area contributed by atoms with Gasteiger partial charge in [-0.1, -0.05) is 29.8 Å². The van der Waals surface area contributed by atoms with E-state index in [1.54, 1.807) is 6.07 Å². The molecule has 122 valence electrons. The van der Waals surface area contributed by atoms with Crippen LogP contribution in [0.1, 0.15) is 24.0 Å². The summed E-state index contributed by atoms with van der Waals surface area (Å²) < 4.78 is 13.4. The van der Waals surface area contributed by atoms with E-state index >= 15 is 0 Å². The molecule has 3 aromatic rings. The third-order valence-corrected chi connectivity index (χ3v) is 5.11. The summed E-state index contributed by atoms with van der Waals surface area (Å²) in [5.74, 6) is -0.295. The standard InChI is InChI=1S/C19H16ClFN2O/c20-16-4-2-1-3-12(16)10-23-18(24)19(7-8-19)15-11-22-17-9-13(21)5-6-14(15)17/h1-6,9,11,22H,7-8,10H2,(H,23,24). The van der Waals surface area contributed by atoms with E-state index in [0.717, 1.165) is 34.9 Å². The van der Waals surface area contributed by atoms with Gasteiger partial charge in [0, 0.05) is 28.7 Å². The molecular formula is C19H16ClFN2O. The molecule has 1 fully saturated rings. The molecule has 1 aliphatic rings. The summed E-state index contributed by atoms with van der Waals surface area (Å²) in [6.07, 6.45) is 3.42. The molecule has 2 N–H and O–H groups in total. The highest BCUT2D eigenvalue weighted by molar-refractivity contribution is 6.31. The Morgan fingerprint density at radius 2 is 2.04 bits per heavy atom. The normalized spacial score (nSPS) is 15.4. The van der Waals surface area contributed by atoms with Crippen molar-refractivity contribution in [3.8, 4) is 0 Å². The van der Waals surface area contributed by atoms with Gasteiger partial charge in [0.25, 0.3) is 0 Å². The van der Waals surface area contributed by atoms with Crippen molar-refractivity contribution in [3.05, 3.63) is 70.6 Å². The number of nitrogens with one attached hydrogen (secondary N) is 2. The minimum atomic E-state index is -0.517. The predicted molar refractivity (Wildman–Crippen MR) is 92.5 cm³/mol. The van der Waals surface area contributed by atoms with Crippen molar-refractivity contribution in [2.24, 2.45) is 0 Å². The molecule has 1 aromatic heterocycles. The molecule has 1 saturated carbocycles. The summed E-state index contributed by atoms with van der Waals surface area (Å²) in [5, 5.41) is 4.54. The molecule has 1 heterocycles. The smallest absolute Gasteiger partial charge is 0.231 e. The van der Waals surface area contributed by atoms with Crippen molar-refractivity contribution >= 4 is 28.4 Å². The van der Waals surface area contributed by atoms with E-state index in [4.69, 9.17) is 11.6 Å². The van der Waals surface area contributed by atoms with E-state index < -0.39 is 5.41 Å². The molecule has 0 saturated heterocycles. The fraction of sp³-hybridized carbons (Fsp3) is 0.211. The minimum absolute atomic E-state index is 0.00681. The Bertz CT molecular complexity index is 930. The number of amides is 1. The number of aromatic nitrogens is 1. The van der Waals surface area contributed by atoms with E-state index in [9.17, 15) is 9.18 Å². The summed E-state index contributed by atoms with van der Waals surface area (Å²) in [5.41, 5.74) is 2.03. The van der Waals surface area contributed by atoms with Crippen LogP contribution < -0.4 is 5.32 Å². The van der Waals surface area contributed by atoms with E-state index in [0.29, 0.717) is 11.6 Å². The van der Waals surface area contributed by atoms with Crippen LogP contribution in [-0.4, -0.2) is 10.9 Å². The number of aromatic amines is 1. The zero-order valence-electron chi connectivity index (χ0n) is 12.9. The van der Waals surface area contributed by atoms with Crippen LogP contribution in [0.5, 0.6) is 0 Å². The molecule has 5 heteroatoms. The van der Waals surface area contributed by atoms with Crippen molar-refractivity contribution in [3.63, 3.8) is 0 Å². The van der Waals surface area contributed by atoms with Gasteiger partial charge < -0.3 is 10.3 Å². The molecule has 2 aromatic carbocycles. The zero-order chi connectivity index (χ0) is 16.7. The Kier molecular flexibility index (Phi) is 3.57. The summed E-state index contributed by atoms with van der Waals surface area (Å²) in [6, 6.07) is 12.1. The first-order chi connectivity index (χ1) is 11.6. The van der Waals surface area contributed by atoms with Crippen LogP contribution in [0.2, 0.25) is 5.02 Å². The molecule has 3 nitrogen and oxygen atoms in total. The second-order valence-corrected chi connectivity index (χ2v) is 6.66. The lowest BCUT2D eigenvalue weighted by Crippen LogP contribution is -2.34. The van der Waals surface area contributed by atoms with Crippen molar-refractivity contribution < 1.29 is 9.18 Å². The first-order valence-corrected chi connectivity index (χ1v) is 8.27. The van der Waals surface area contributed by atoms with Gasteiger partial charge in [-0.3, -0.25) is 4.79 Å². The number of rotatable bonds is 4. The van der Waals surface area contributed by atoms with Crippen molar-refractivity contribution in [2.45, 2.75) is 24.8 Å². The highest BCUT2D eigenvalue weighted by atomic mass is 35.5. The number of fused-ring (bicyclic) bond motifs is 1. The number of carbonyl (C=O) groups excluding carboxylic acids is 1. The van der Waals surface area contributed by atoms with Crippen LogP contribution >= 0.6 is 11.6 Å². The van der Waals surface area contributed by atoms with Crippen LogP contribution in [0.3, 0.4) is 0 Å². The molecule has 4 rings (SSSR count). The molecule has 1 aliphatic carbocycles. The minimum Gasteiger partial charge on any atom is -0.361 e. The molecule has 0 radical (unpaired) electrons. The lowest BCUT2D eigenvalue weighted by Gasteiger charge is -2.15. The second kappa shape index (κ2) is 5.64. The van der Waals surface area contributed by atoms with Crippen molar-refractivity contribution in [1.82, 2.24) is 10.3 Å². The molecule has 1 amide bonds. The van der Waals surface area contributed by atoms with Crippen LogP contribution in [0.15, 0.2) is 48.7 Å². The SMILES string of the molecule is O=C(NCc1ccccc1Cl)C1(c2c[nH]c3cc(F)ccc23)CC1. The van der Waals surface area contributed by atoms with E-state index in [-0.39, 0.29) is 11.7 Å². The number of hydrogen-bond donors (Lipinski definition) is 2. The zero-order valence-corrected chi connectivity index (χ0v) is 13.7. The first-order valence-electron chi connectivity index (χ1n) is 7.89. The van der Waals surface area contributed by atoms with Crippen molar-refractivity contribution in [1.29, 1.82) is 0 Å². The highest BCUT2D eigenvalue weighted by Gasteiger charge is 2.52.